The summed E-state index contributed by atoms with van der Waals surface area (Å²) in [5.74, 6) is -0.966. The number of fused-ring (bicyclic) bond motifs is 1. The highest BCUT2D eigenvalue weighted by Gasteiger charge is 2.20. The van der Waals surface area contributed by atoms with E-state index in [9.17, 15) is 14.7 Å². The molecular weight excluding hydrogens is 364 g/mol. The first kappa shape index (κ1) is 18.7. The molecule has 0 atom stereocenters. The van der Waals surface area contributed by atoms with E-state index in [1.54, 1.807) is 12.1 Å². The van der Waals surface area contributed by atoms with Crippen molar-refractivity contribution in [2.45, 2.75) is 19.3 Å². The molecule has 0 bridgehead atoms. The summed E-state index contributed by atoms with van der Waals surface area (Å²) >= 11 is 0. The number of rotatable bonds is 5. The van der Waals surface area contributed by atoms with Crippen LogP contribution in [0.5, 0.6) is 0 Å². The molecule has 1 heterocycles. The molecule has 1 aliphatic heterocycles. The van der Waals surface area contributed by atoms with Crippen molar-refractivity contribution < 1.29 is 14.7 Å². The van der Waals surface area contributed by atoms with Gasteiger partial charge in [0.15, 0.2) is 0 Å². The summed E-state index contributed by atoms with van der Waals surface area (Å²) in [6.45, 7) is 0.848. The summed E-state index contributed by atoms with van der Waals surface area (Å²) in [6, 6.07) is 22.7. The lowest BCUT2D eigenvalue weighted by Crippen LogP contribution is -2.25. The predicted molar refractivity (Wildman–Crippen MR) is 114 cm³/mol. The van der Waals surface area contributed by atoms with Gasteiger partial charge in [0, 0.05) is 23.6 Å². The molecule has 3 aromatic rings. The van der Waals surface area contributed by atoms with E-state index >= 15 is 0 Å². The Morgan fingerprint density at radius 3 is 2.59 bits per heavy atom. The zero-order chi connectivity index (χ0) is 20.2. The van der Waals surface area contributed by atoms with Crippen molar-refractivity contribution in [3.05, 3.63) is 89.5 Å². The van der Waals surface area contributed by atoms with Gasteiger partial charge in [-0.2, -0.15) is 0 Å². The summed E-state index contributed by atoms with van der Waals surface area (Å²) in [4.78, 5) is 25.8. The number of carbonyl (C=O) groups excluding carboxylic acids is 1. The van der Waals surface area contributed by atoms with Crippen molar-refractivity contribution in [2.24, 2.45) is 0 Å². The van der Waals surface area contributed by atoms with Gasteiger partial charge in [0.05, 0.1) is 12.0 Å². The van der Waals surface area contributed by atoms with Gasteiger partial charge in [-0.15, -0.1) is 0 Å². The predicted octanol–water partition coefficient (Wildman–Crippen LogP) is 4.65. The van der Waals surface area contributed by atoms with Crippen LogP contribution in [-0.4, -0.2) is 23.5 Å². The molecule has 5 nitrogen and oxygen atoms in total. The Morgan fingerprint density at radius 2 is 1.79 bits per heavy atom. The second-order valence-electron chi connectivity index (χ2n) is 7.16. The molecule has 3 aromatic carbocycles. The Kier molecular flexibility index (Phi) is 5.29. The van der Waals surface area contributed by atoms with Crippen LogP contribution < -0.4 is 10.2 Å². The van der Waals surface area contributed by atoms with Crippen LogP contribution in [0, 0.1) is 0 Å². The van der Waals surface area contributed by atoms with Gasteiger partial charge < -0.3 is 15.3 Å². The number of nitrogens with zero attached hydrogens (tertiary/aromatic N) is 1. The van der Waals surface area contributed by atoms with Gasteiger partial charge in [0.25, 0.3) is 0 Å². The molecule has 0 spiro atoms. The van der Waals surface area contributed by atoms with Crippen LogP contribution in [0.25, 0.3) is 0 Å². The molecule has 5 heteroatoms. The molecule has 0 fully saturated rings. The van der Waals surface area contributed by atoms with Crippen LogP contribution in [-0.2, 0) is 17.6 Å². The maximum Gasteiger partial charge on any atom is 0.335 e. The fourth-order valence-electron chi connectivity index (χ4n) is 3.74. The summed E-state index contributed by atoms with van der Waals surface area (Å²) in [5, 5.41) is 12.2. The molecule has 1 aliphatic rings. The maximum absolute atomic E-state index is 12.4. The second kappa shape index (κ2) is 8.19. The Balaban J connectivity index is 1.54. The summed E-state index contributed by atoms with van der Waals surface area (Å²) in [7, 11) is 0. The van der Waals surface area contributed by atoms with Gasteiger partial charge in [-0.25, -0.2) is 4.79 Å². The number of hydrogen-bond acceptors (Lipinski definition) is 3. The van der Waals surface area contributed by atoms with E-state index in [4.69, 9.17) is 0 Å². The number of nitrogens with one attached hydrogen (secondary N) is 1. The molecule has 0 radical (unpaired) electrons. The third kappa shape index (κ3) is 4.29. The monoisotopic (exact) mass is 386 g/mol. The van der Waals surface area contributed by atoms with E-state index in [0.717, 1.165) is 47.6 Å². The van der Waals surface area contributed by atoms with Crippen molar-refractivity contribution in [2.75, 3.05) is 16.8 Å². The zero-order valence-corrected chi connectivity index (χ0v) is 16.0. The van der Waals surface area contributed by atoms with Gasteiger partial charge >= 0.3 is 5.97 Å². The third-order valence-corrected chi connectivity index (χ3v) is 5.09. The number of aryl methyl sites for hydroxylation is 1. The molecule has 29 heavy (non-hydrogen) atoms. The smallest absolute Gasteiger partial charge is 0.335 e. The first-order valence-corrected chi connectivity index (χ1v) is 9.68. The summed E-state index contributed by atoms with van der Waals surface area (Å²) in [6.07, 6.45) is 2.14. The number of carboxylic acids is 1. The van der Waals surface area contributed by atoms with Crippen LogP contribution >= 0.6 is 0 Å². The third-order valence-electron chi connectivity index (χ3n) is 5.09. The molecule has 2 N–H and O–H groups in total. The first-order chi connectivity index (χ1) is 14.1. The van der Waals surface area contributed by atoms with Crippen LogP contribution in [0.4, 0.5) is 17.1 Å². The van der Waals surface area contributed by atoms with Gasteiger partial charge in [0.2, 0.25) is 5.91 Å². The average molecular weight is 386 g/mol. The highest BCUT2D eigenvalue weighted by Crippen LogP contribution is 2.35. The van der Waals surface area contributed by atoms with Gasteiger partial charge in [-0.05, 0) is 60.4 Å². The largest absolute Gasteiger partial charge is 0.478 e. The molecule has 4 rings (SSSR count). The van der Waals surface area contributed by atoms with Gasteiger partial charge in [-0.3, -0.25) is 4.79 Å². The molecule has 0 saturated heterocycles. The Hall–Kier alpha value is -3.60. The minimum Gasteiger partial charge on any atom is -0.478 e. The Bertz CT molecular complexity index is 1050. The standard InChI is InChI=1S/C24H22N2O3/c27-23(14-17-6-2-1-3-7-17)25-20-9-4-10-21(16-20)26-13-5-8-18-15-19(24(28)29)11-12-22(18)26/h1-4,6-7,9-12,15-16H,5,8,13-14H2,(H,25,27)(H,28,29). The lowest BCUT2D eigenvalue weighted by atomic mass is 9.98. The van der Waals surface area contributed by atoms with Gasteiger partial charge in [0.1, 0.15) is 0 Å². The Labute approximate surface area is 169 Å². The fraction of sp³-hybridized carbons (Fsp3) is 0.167. The van der Waals surface area contributed by atoms with E-state index in [-0.39, 0.29) is 5.91 Å². The number of hydrogen-bond donors (Lipinski definition) is 2. The number of carboxylic acid groups (broad SMARTS) is 1. The number of anilines is 3. The van der Waals surface area contributed by atoms with Crippen molar-refractivity contribution in [3.8, 4) is 0 Å². The van der Waals surface area contributed by atoms with Crippen LogP contribution in [0.2, 0.25) is 0 Å². The highest BCUT2D eigenvalue weighted by atomic mass is 16.4. The topological polar surface area (TPSA) is 69.6 Å². The zero-order valence-electron chi connectivity index (χ0n) is 16.0. The quantitative estimate of drug-likeness (QED) is 0.670. The Morgan fingerprint density at radius 1 is 0.966 bits per heavy atom. The summed E-state index contributed by atoms with van der Waals surface area (Å²) in [5.41, 5.74) is 5.07. The number of carbonyl (C=O) groups is 2. The van der Waals surface area contributed by atoms with Crippen molar-refractivity contribution >= 4 is 28.9 Å². The second-order valence-corrected chi connectivity index (χ2v) is 7.16. The molecule has 0 aromatic heterocycles. The van der Waals surface area contributed by atoms with Crippen LogP contribution in [0.15, 0.2) is 72.8 Å². The highest BCUT2D eigenvalue weighted by molar-refractivity contribution is 5.93. The van der Waals surface area contributed by atoms with E-state index in [2.05, 4.69) is 10.2 Å². The lowest BCUT2D eigenvalue weighted by Gasteiger charge is -2.32. The molecule has 0 aliphatic carbocycles. The maximum atomic E-state index is 12.4. The van der Waals surface area contributed by atoms with E-state index in [0.29, 0.717) is 12.0 Å². The molecular formula is C24H22N2O3. The number of benzene rings is 3. The van der Waals surface area contributed by atoms with E-state index < -0.39 is 5.97 Å². The van der Waals surface area contributed by atoms with Crippen LogP contribution in [0.3, 0.4) is 0 Å². The minimum atomic E-state index is -0.909. The number of amides is 1. The average Bonchev–Trinajstić information content (AvgIpc) is 2.73. The van der Waals surface area contributed by atoms with Crippen molar-refractivity contribution in [3.63, 3.8) is 0 Å². The van der Waals surface area contributed by atoms with Crippen LogP contribution in [0.1, 0.15) is 27.9 Å². The van der Waals surface area contributed by atoms with Crippen molar-refractivity contribution in [1.82, 2.24) is 0 Å². The van der Waals surface area contributed by atoms with E-state index in [1.165, 1.54) is 0 Å². The van der Waals surface area contributed by atoms with E-state index in [1.807, 2.05) is 60.7 Å². The number of aromatic carboxylic acids is 1. The first-order valence-electron chi connectivity index (χ1n) is 9.68. The minimum absolute atomic E-state index is 0.0569. The molecule has 146 valence electrons. The lowest BCUT2D eigenvalue weighted by molar-refractivity contribution is -0.115. The summed E-state index contributed by atoms with van der Waals surface area (Å²) < 4.78 is 0. The van der Waals surface area contributed by atoms with Gasteiger partial charge in [-0.1, -0.05) is 36.4 Å². The molecule has 0 unspecified atom stereocenters. The fourth-order valence-corrected chi connectivity index (χ4v) is 3.74. The molecule has 1 amide bonds. The van der Waals surface area contributed by atoms with Crippen molar-refractivity contribution in [1.29, 1.82) is 0 Å². The SMILES string of the molecule is O=C(Cc1ccccc1)Nc1cccc(N2CCCc3cc(C(=O)O)ccc32)c1. The molecule has 0 saturated carbocycles. The normalized spacial score (nSPS) is 12.9.